The van der Waals surface area contributed by atoms with Gasteiger partial charge in [-0.3, -0.25) is 0 Å². The average molecular weight is 259 g/mol. The SMILES string of the molecule is CC1CN(S(=O)(=O)c2cnnn2C)C(C)CN1. The number of hydrogen-bond acceptors (Lipinski definition) is 5. The highest BCUT2D eigenvalue weighted by molar-refractivity contribution is 7.89. The molecule has 1 aliphatic rings. The summed E-state index contributed by atoms with van der Waals surface area (Å²) in [6, 6.07) is 0.0910. The summed E-state index contributed by atoms with van der Waals surface area (Å²) in [5.74, 6) is 0. The maximum atomic E-state index is 12.4. The number of aryl methyl sites for hydroxylation is 1. The number of sulfonamides is 1. The van der Waals surface area contributed by atoms with Crippen LogP contribution in [0.5, 0.6) is 0 Å². The van der Waals surface area contributed by atoms with E-state index in [0.717, 1.165) is 0 Å². The lowest BCUT2D eigenvalue weighted by Crippen LogP contribution is -2.56. The maximum Gasteiger partial charge on any atom is 0.262 e. The predicted octanol–water partition coefficient (Wildman–Crippen LogP) is -0.814. The molecule has 1 fully saturated rings. The van der Waals surface area contributed by atoms with Crippen LogP contribution >= 0.6 is 0 Å². The predicted molar refractivity (Wildman–Crippen MR) is 61.8 cm³/mol. The molecule has 0 radical (unpaired) electrons. The molecule has 0 amide bonds. The van der Waals surface area contributed by atoms with Crippen LogP contribution < -0.4 is 5.32 Å². The number of nitrogens with zero attached hydrogens (tertiary/aromatic N) is 4. The van der Waals surface area contributed by atoms with E-state index in [9.17, 15) is 8.42 Å². The van der Waals surface area contributed by atoms with E-state index in [2.05, 4.69) is 15.6 Å². The van der Waals surface area contributed by atoms with Gasteiger partial charge in [0.15, 0.2) is 5.03 Å². The topological polar surface area (TPSA) is 80.1 Å². The van der Waals surface area contributed by atoms with Gasteiger partial charge in [0.1, 0.15) is 0 Å². The van der Waals surface area contributed by atoms with Gasteiger partial charge in [-0.15, -0.1) is 5.10 Å². The quantitative estimate of drug-likeness (QED) is 0.751. The van der Waals surface area contributed by atoms with Crippen molar-refractivity contribution in [2.45, 2.75) is 31.0 Å². The van der Waals surface area contributed by atoms with E-state index in [-0.39, 0.29) is 17.1 Å². The summed E-state index contributed by atoms with van der Waals surface area (Å²) in [4.78, 5) is 0. The number of nitrogens with one attached hydrogen (secondary N) is 1. The zero-order chi connectivity index (χ0) is 12.6. The smallest absolute Gasteiger partial charge is 0.262 e. The Kier molecular flexibility index (Phi) is 3.19. The molecule has 17 heavy (non-hydrogen) atoms. The fourth-order valence-electron chi connectivity index (χ4n) is 1.96. The first-order chi connectivity index (χ1) is 7.93. The van der Waals surface area contributed by atoms with Gasteiger partial charge < -0.3 is 5.32 Å². The third kappa shape index (κ3) is 2.20. The molecular formula is C9H17N5O2S. The fraction of sp³-hybridized carbons (Fsp3) is 0.778. The molecule has 2 heterocycles. The third-order valence-corrected chi connectivity index (χ3v) is 4.98. The Labute approximate surface area is 101 Å². The van der Waals surface area contributed by atoms with Crippen molar-refractivity contribution in [2.75, 3.05) is 13.1 Å². The molecule has 1 aromatic rings. The summed E-state index contributed by atoms with van der Waals surface area (Å²) in [5.41, 5.74) is 0. The van der Waals surface area contributed by atoms with Crippen LogP contribution in [0, 0.1) is 0 Å². The molecule has 8 heteroatoms. The van der Waals surface area contributed by atoms with E-state index < -0.39 is 10.0 Å². The van der Waals surface area contributed by atoms with Gasteiger partial charge in [-0.2, -0.15) is 4.31 Å². The van der Waals surface area contributed by atoms with Crippen molar-refractivity contribution in [3.05, 3.63) is 6.20 Å². The summed E-state index contributed by atoms with van der Waals surface area (Å²) in [6.45, 7) is 4.98. The second kappa shape index (κ2) is 4.35. The molecule has 0 aromatic carbocycles. The molecule has 1 N–H and O–H groups in total. The third-order valence-electron chi connectivity index (χ3n) is 2.95. The van der Waals surface area contributed by atoms with Gasteiger partial charge >= 0.3 is 0 Å². The van der Waals surface area contributed by atoms with Crippen LogP contribution in [0.4, 0.5) is 0 Å². The summed E-state index contributed by atoms with van der Waals surface area (Å²) >= 11 is 0. The first-order valence-electron chi connectivity index (χ1n) is 5.53. The summed E-state index contributed by atoms with van der Waals surface area (Å²) in [6.07, 6.45) is 1.29. The Morgan fingerprint density at radius 3 is 2.76 bits per heavy atom. The normalized spacial score (nSPS) is 27.2. The maximum absolute atomic E-state index is 12.4. The molecule has 0 aliphatic carbocycles. The van der Waals surface area contributed by atoms with Crippen molar-refractivity contribution >= 4 is 10.0 Å². The highest BCUT2D eigenvalue weighted by Gasteiger charge is 2.35. The van der Waals surface area contributed by atoms with Crippen LogP contribution in [0.3, 0.4) is 0 Å². The molecule has 96 valence electrons. The first-order valence-corrected chi connectivity index (χ1v) is 6.97. The van der Waals surface area contributed by atoms with Crippen molar-refractivity contribution < 1.29 is 8.42 Å². The minimum absolute atomic E-state index is 0.0638. The van der Waals surface area contributed by atoms with Gasteiger partial charge in [-0.25, -0.2) is 13.1 Å². The molecule has 1 saturated heterocycles. The van der Waals surface area contributed by atoms with Crippen LogP contribution in [0.1, 0.15) is 13.8 Å². The van der Waals surface area contributed by atoms with Gasteiger partial charge in [-0.05, 0) is 13.8 Å². The van der Waals surface area contributed by atoms with E-state index in [1.165, 1.54) is 15.2 Å². The molecule has 2 rings (SSSR count). The van der Waals surface area contributed by atoms with Gasteiger partial charge in [0.25, 0.3) is 10.0 Å². The monoisotopic (exact) mass is 259 g/mol. The van der Waals surface area contributed by atoms with Crippen molar-refractivity contribution in [3.63, 3.8) is 0 Å². The van der Waals surface area contributed by atoms with Crippen LogP contribution in [0.2, 0.25) is 0 Å². The molecule has 1 aromatic heterocycles. The Bertz CT molecular complexity index is 497. The molecule has 0 spiro atoms. The van der Waals surface area contributed by atoms with E-state index in [4.69, 9.17) is 0 Å². The lowest BCUT2D eigenvalue weighted by molar-refractivity contribution is 0.243. The van der Waals surface area contributed by atoms with Crippen LogP contribution in [0.15, 0.2) is 11.2 Å². The first kappa shape index (κ1) is 12.5. The second-order valence-corrected chi connectivity index (χ2v) is 6.27. The van der Waals surface area contributed by atoms with Crippen molar-refractivity contribution in [1.82, 2.24) is 24.6 Å². The van der Waals surface area contributed by atoms with E-state index in [1.54, 1.807) is 7.05 Å². The van der Waals surface area contributed by atoms with E-state index in [0.29, 0.717) is 13.1 Å². The molecule has 2 atom stereocenters. The van der Waals surface area contributed by atoms with E-state index in [1.807, 2.05) is 13.8 Å². The summed E-state index contributed by atoms with van der Waals surface area (Å²) in [5, 5.41) is 10.7. The molecule has 0 bridgehead atoms. The molecule has 1 aliphatic heterocycles. The molecule has 2 unspecified atom stereocenters. The number of rotatable bonds is 2. The zero-order valence-electron chi connectivity index (χ0n) is 10.2. The highest BCUT2D eigenvalue weighted by Crippen LogP contribution is 2.19. The minimum Gasteiger partial charge on any atom is -0.311 e. The Morgan fingerprint density at radius 1 is 1.47 bits per heavy atom. The van der Waals surface area contributed by atoms with Crippen LogP contribution in [-0.4, -0.2) is 52.9 Å². The average Bonchev–Trinajstić information content (AvgIpc) is 2.68. The van der Waals surface area contributed by atoms with Crippen LogP contribution in [-0.2, 0) is 17.1 Å². The Morgan fingerprint density at radius 2 is 2.18 bits per heavy atom. The standard InChI is InChI=1S/C9H17N5O2S/c1-7-6-14(8(2)4-10-7)17(15,16)9-5-11-12-13(9)3/h5,7-8,10H,4,6H2,1-3H3. The second-order valence-electron chi connectivity index (χ2n) is 4.43. The van der Waals surface area contributed by atoms with Gasteiger partial charge in [0.05, 0.1) is 6.20 Å². The number of aromatic nitrogens is 3. The van der Waals surface area contributed by atoms with Gasteiger partial charge in [0, 0.05) is 32.2 Å². The largest absolute Gasteiger partial charge is 0.311 e. The number of piperazine rings is 1. The van der Waals surface area contributed by atoms with Crippen molar-refractivity contribution in [3.8, 4) is 0 Å². The van der Waals surface area contributed by atoms with Gasteiger partial charge in [0.2, 0.25) is 0 Å². The molecule has 7 nitrogen and oxygen atoms in total. The van der Waals surface area contributed by atoms with Crippen molar-refractivity contribution in [2.24, 2.45) is 7.05 Å². The van der Waals surface area contributed by atoms with Crippen molar-refractivity contribution in [1.29, 1.82) is 0 Å². The summed E-state index contributed by atoms with van der Waals surface area (Å²) in [7, 11) is -1.92. The van der Waals surface area contributed by atoms with E-state index >= 15 is 0 Å². The summed E-state index contributed by atoms with van der Waals surface area (Å²) < 4.78 is 27.6. The fourth-order valence-corrected chi connectivity index (χ4v) is 3.72. The number of hydrogen-bond donors (Lipinski definition) is 1. The molecular weight excluding hydrogens is 242 g/mol. The lowest BCUT2D eigenvalue weighted by atomic mass is 10.2. The minimum atomic E-state index is -3.50. The van der Waals surface area contributed by atoms with Gasteiger partial charge in [-0.1, -0.05) is 5.21 Å². The van der Waals surface area contributed by atoms with Crippen LogP contribution in [0.25, 0.3) is 0 Å². The lowest BCUT2D eigenvalue weighted by Gasteiger charge is -2.36. The highest BCUT2D eigenvalue weighted by atomic mass is 32.2. The Balaban J connectivity index is 2.35. The zero-order valence-corrected chi connectivity index (χ0v) is 11.0. The molecule has 0 saturated carbocycles. The Hall–Kier alpha value is -0.990.